The van der Waals surface area contributed by atoms with Crippen LogP contribution in [0.25, 0.3) is 0 Å². The average Bonchev–Trinajstić information content (AvgIpc) is 3.00. The summed E-state index contributed by atoms with van der Waals surface area (Å²) in [7, 11) is 0. The van der Waals surface area contributed by atoms with Crippen LogP contribution in [0.4, 0.5) is 0 Å². The van der Waals surface area contributed by atoms with Gasteiger partial charge in [-0.3, -0.25) is 0 Å². The molecule has 0 heterocycles. The quantitative estimate of drug-likeness (QED) is 0.0646. The fourth-order valence-corrected chi connectivity index (χ4v) is 6.38. The molecule has 1 nitrogen and oxygen atoms in total. The molecule has 1 heteroatoms. The molecule has 253 valence electrons. The minimum Gasteiger partial charge on any atom is -0.376 e. The standard InChI is InChI=1S/C41H83O/c1-3-5-7-9-11-13-15-17-19-20-21-22-23-24-25-27-29-31-33-35-37-39-41-42-40-38-36-34-32-30-28-26-18-16-14-12-10-8-6-4-2/h41H,3-40H2,1-2H3. The van der Waals surface area contributed by atoms with Gasteiger partial charge in [-0.1, -0.05) is 239 Å². The Labute approximate surface area is 268 Å². The van der Waals surface area contributed by atoms with Crippen molar-refractivity contribution in [3.8, 4) is 0 Å². The molecule has 0 atom stereocenters. The molecule has 0 saturated heterocycles. The third-order valence-electron chi connectivity index (χ3n) is 9.41. The van der Waals surface area contributed by atoms with Crippen LogP contribution in [0.5, 0.6) is 0 Å². The summed E-state index contributed by atoms with van der Waals surface area (Å²) in [5, 5.41) is 0. The van der Waals surface area contributed by atoms with Crippen LogP contribution in [0.2, 0.25) is 0 Å². The van der Waals surface area contributed by atoms with Gasteiger partial charge in [0.15, 0.2) is 0 Å². The van der Waals surface area contributed by atoms with Gasteiger partial charge in [-0.25, -0.2) is 0 Å². The molecule has 42 heavy (non-hydrogen) atoms. The summed E-state index contributed by atoms with van der Waals surface area (Å²) in [6, 6.07) is 0. The van der Waals surface area contributed by atoms with Crippen molar-refractivity contribution in [2.45, 2.75) is 251 Å². The number of unbranched alkanes of at least 4 members (excludes halogenated alkanes) is 35. The lowest BCUT2D eigenvalue weighted by molar-refractivity contribution is 0.183. The Balaban J connectivity index is 3.02. The minimum atomic E-state index is 0.942. The second-order valence-electron chi connectivity index (χ2n) is 13.8. The van der Waals surface area contributed by atoms with Crippen molar-refractivity contribution in [1.29, 1.82) is 0 Å². The van der Waals surface area contributed by atoms with Crippen molar-refractivity contribution in [3.05, 3.63) is 6.61 Å². The molecular formula is C41H83O. The summed E-state index contributed by atoms with van der Waals surface area (Å²) in [6.07, 6.45) is 53.1. The highest BCUT2D eigenvalue weighted by atomic mass is 16.5. The van der Waals surface area contributed by atoms with Crippen LogP contribution in [-0.4, -0.2) is 6.61 Å². The van der Waals surface area contributed by atoms with E-state index in [1.165, 1.54) is 231 Å². The van der Waals surface area contributed by atoms with E-state index >= 15 is 0 Å². The van der Waals surface area contributed by atoms with Crippen LogP contribution in [-0.2, 0) is 4.74 Å². The summed E-state index contributed by atoms with van der Waals surface area (Å²) in [4.78, 5) is 0. The van der Waals surface area contributed by atoms with Gasteiger partial charge in [0.2, 0.25) is 0 Å². The highest BCUT2D eigenvalue weighted by molar-refractivity contribution is 4.55. The van der Waals surface area contributed by atoms with Crippen LogP contribution < -0.4 is 0 Å². The molecule has 0 N–H and O–H groups in total. The van der Waals surface area contributed by atoms with E-state index in [0.29, 0.717) is 0 Å². The molecule has 0 aromatic heterocycles. The minimum absolute atomic E-state index is 0.942. The lowest BCUT2D eigenvalue weighted by atomic mass is 10.0. The molecule has 0 bridgehead atoms. The Morgan fingerprint density at radius 1 is 0.262 bits per heavy atom. The molecule has 0 aromatic rings. The van der Waals surface area contributed by atoms with Gasteiger partial charge in [0.05, 0.1) is 6.61 Å². The molecule has 0 aliphatic carbocycles. The van der Waals surface area contributed by atoms with E-state index in [9.17, 15) is 0 Å². The summed E-state index contributed by atoms with van der Waals surface area (Å²) < 4.78 is 5.77. The Morgan fingerprint density at radius 3 is 0.738 bits per heavy atom. The third kappa shape index (κ3) is 40.0. The Bertz CT molecular complexity index is 393. The van der Waals surface area contributed by atoms with Crippen LogP contribution in [0.1, 0.15) is 251 Å². The van der Waals surface area contributed by atoms with E-state index in [4.69, 9.17) is 4.74 Å². The second kappa shape index (κ2) is 41.0. The maximum absolute atomic E-state index is 5.77. The molecular weight excluding hydrogens is 508 g/mol. The molecule has 1 radical (unpaired) electrons. The molecule has 0 aromatic carbocycles. The molecule has 0 rings (SSSR count). The van der Waals surface area contributed by atoms with Crippen molar-refractivity contribution >= 4 is 0 Å². The molecule has 0 spiro atoms. The predicted molar refractivity (Wildman–Crippen MR) is 192 cm³/mol. The Morgan fingerprint density at radius 2 is 0.476 bits per heavy atom. The van der Waals surface area contributed by atoms with Gasteiger partial charge in [0.1, 0.15) is 0 Å². The maximum Gasteiger partial charge on any atom is 0.0836 e. The second-order valence-corrected chi connectivity index (χ2v) is 13.8. The Kier molecular flexibility index (Phi) is 40.9. The first kappa shape index (κ1) is 42.0. The van der Waals surface area contributed by atoms with Gasteiger partial charge in [-0.15, -0.1) is 0 Å². The Hall–Kier alpha value is -0.0400. The lowest BCUT2D eigenvalue weighted by Crippen LogP contribution is -1.92. The largest absolute Gasteiger partial charge is 0.376 e. The zero-order valence-electron chi connectivity index (χ0n) is 29.9. The molecule has 0 aliphatic rings. The topological polar surface area (TPSA) is 9.23 Å². The highest BCUT2D eigenvalue weighted by Gasteiger charge is 1.98. The summed E-state index contributed by atoms with van der Waals surface area (Å²) in [5.41, 5.74) is 0. The smallest absolute Gasteiger partial charge is 0.0836 e. The van der Waals surface area contributed by atoms with E-state index in [1.807, 2.05) is 0 Å². The fourth-order valence-electron chi connectivity index (χ4n) is 6.38. The molecule has 0 aliphatic heterocycles. The number of hydrogen-bond acceptors (Lipinski definition) is 1. The number of ether oxygens (including phenoxy) is 1. The third-order valence-corrected chi connectivity index (χ3v) is 9.41. The first-order valence-corrected chi connectivity index (χ1v) is 20.3. The van der Waals surface area contributed by atoms with Gasteiger partial charge < -0.3 is 4.74 Å². The zero-order chi connectivity index (χ0) is 30.3. The predicted octanol–water partition coefficient (Wildman–Crippen LogP) is 15.6. The van der Waals surface area contributed by atoms with E-state index in [2.05, 4.69) is 20.5 Å². The van der Waals surface area contributed by atoms with Crippen LogP contribution in [0.15, 0.2) is 0 Å². The van der Waals surface area contributed by atoms with Crippen LogP contribution >= 0.6 is 0 Å². The van der Waals surface area contributed by atoms with Crippen LogP contribution in [0.3, 0.4) is 0 Å². The van der Waals surface area contributed by atoms with Crippen molar-refractivity contribution in [3.63, 3.8) is 0 Å². The van der Waals surface area contributed by atoms with E-state index in [-0.39, 0.29) is 0 Å². The zero-order valence-corrected chi connectivity index (χ0v) is 29.9. The van der Waals surface area contributed by atoms with Crippen molar-refractivity contribution < 1.29 is 4.74 Å². The van der Waals surface area contributed by atoms with Gasteiger partial charge in [0.25, 0.3) is 0 Å². The van der Waals surface area contributed by atoms with Crippen molar-refractivity contribution in [1.82, 2.24) is 0 Å². The SMILES string of the molecule is CCCCCCCCCCCCCCCCCCCCCCC[CH]OCCCCCCCCCCCCCCCCC. The number of rotatable bonds is 39. The monoisotopic (exact) mass is 592 g/mol. The van der Waals surface area contributed by atoms with Gasteiger partial charge in [0, 0.05) is 6.61 Å². The molecule has 0 amide bonds. The summed E-state index contributed by atoms with van der Waals surface area (Å²) in [5.74, 6) is 0. The first-order valence-electron chi connectivity index (χ1n) is 20.3. The van der Waals surface area contributed by atoms with E-state index in [0.717, 1.165) is 13.0 Å². The summed E-state index contributed by atoms with van der Waals surface area (Å²) >= 11 is 0. The van der Waals surface area contributed by atoms with E-state index < -0.39 is 0 Å². The highest BCUT2D eigenvalue weighted by Crippen LogP contribution is 2.16. The maximum atomic E-state index is 5.77. The number of hydrogen-bond donors (Lipinski definition) is 0. The normalized spacial score (nSPS) is 11.6. The fraction of sp³-hybridized carbons (Fsp3) is 0.976. The van der Waals surface area contributed by atoms with E-state index in [1.54, 1.807) is 0 Å². The lowest BCUT2D eigenvalue weighted by Gasteiger charge is -2.05. The van der Waals surface area contributed by atoms with Gasteiger partial charge in [-0.2, -0.15) is 0 Å². The molecule has 0 saturated carbocycles. The first-order chi connectivity index (χ1) is 20.9. The van der Waals surface area contributed by atoms with Crippen molar-refractivity contribution in [2.24, 2.45) is 0 Å². The molecule has 0 unspecified atom stereocenters. The van der Waals surface area contributed by atoms with Crippen molar-refractivity contribution in [2.75, 3.05) is 6.61 Å². The van der Waals surface area contributed by atoms with Gasteiger partial charge in [-0.05, 0) is 12.8 Å². The van der Waals surface area contributed by atoms with Crippen LogP contribution in [0, 0.1) is 6.61 Å². The molecule has 0 fully saturated rings. The van der Waals surface area contributed by atoms with Gasteiger partial charge >= 0.3 is 0 Å². The average molecular weight is 592 g/mol. The summed E-state index contributed by atoms with van der Waals surface area (Å²) in [6.45, 7) is 7.65.